The van der Waals surface area contributed by atoms with Gasteiger partial charge in [-0.1, -0.05) is 59.8 Å². The van der Waals surface area contributed by atoms with Crippen LogP contribution in [0.25, 0.3) is 0 Å². The van der Waals surface area contributed by atoms with E-state index in [0.717, 1.165) is 24.3 Å². The summed E-state index contributed by atoms with van der Waals surface area (Å²) in [6, 6.07) is 18.6. The second-order valence-electron chi connectivity index (χ2n) is 8.18. The fourth-order valence-electron chi connectivity index (χ4n) is 4.00. The minimum Gasteiger partial charge on any atom is -0.406 e. The Hall–Kier alpha value is -4.68. The summed E-state index contributed by atoms with van der Waals surface area (Å²) in [5, 5.41) is 8.74. The summed E-state index contributed by atoms with van der Waals surface area (Å²) < 4.78 is 91.0. The van der Waals surface area contributed by atoms with Crippen LogP contribution >= 0.6 is 0 Å². The lowest BCUT2D eigenvalue weighted by Gasteiger charge is -2.37. The summed E-state index contributed by atoms with van der Waals surface area (Å²) >= 11 is 0. The molecule has 0 spiro atoms. The largest absolute Gasteiger partial charge is 0.573 e. The number of aromatic nitrogens is 1. The van der Waals surface area contributed by atoms with Crippen LogP contribution in [-0.4, -0.2) is 23.9 Å². The number of halogens is 6. The molecular weight excluding hydrogens is 532 g/mol. The average molecular weight is 551 g/mol. The minimum atomic E-state index is -5.01. The standard InChI is InChI=1S/C26H19F6N3O4/c27-25(28,29)38-20-10-4-8-18(14-20)24(16-17-6-2-1-3-7-17,34-23(36)33-22-12-13-37-35-22)19-9-5-11-21(15-19)39-26(30,31)32/h1-15H,16H2,(H2,33,34,35,36). The maximum Gasteiger partial charge on any atom is 0.573 e. The summed E-state index contributed by atoms with van der Waals surface area (Å²) in [5.74, 6) is -1.18. The lowest BCUT2D eigenvalue weighted by Crippen LogP contribution is -2.50. The lowest BCUT2D eigenvalue weighted by molar-refractivity contribution is -0.275. The van der Waals surface area contributed by atoms with Gasteiger partial charge in [0.2, 0.25) is 0 Å². The molecule has 1 heterocycles. The van der Waals surface area contributed by atoms with Crippen LogP contribution < -0.4 is 20.1 Å². The highest BCUT2D eigenvalue weighted by atomic mass is 19.4. The van der Waals surface area contributed by atoms with E-state index in [0.29, 0.717) is 5.56 Å². The van der Waals surface area contributed by atoms with Crippen molar-refractivity contribution in [3.63, 3.8) is 0 Å². The van der Waals surface area contributed by atoms with Gasteiger partial charge in [-0.15, -0.1) is 26.3 Å². The maximum atomic E-state index is 13.2. The topological polar surface area (TPSA) is 85.6 Å². The molecule has 204 valence electrons. The summed E-state index contributed by atoms with van der Waals surface area (Å²) in [5.41, 5.74) is -0.978. The van der Waals surface area contributed by atoms with Crippen LogP contribution in [0.5, 0.6) is 11.5 Å². The first-order valence-electron chi connectivity index (χ1n) is 11.2. The van der Waals surface area contributed by atoms with Crippen molar-refractivity contribution in [3.05, 3.63) is 108 Å². The molecule has 1 aromatic heterocycles. The Morgan fingerprint density at radius 3 is 1.82 bits per heavy atom. The van der Waals surface area contributed by atoms with E-state index in [4.69, 9.17) is 4.52 Å². The molecule has 0 aliphatic rings. The number of ether oxygens (including phenoxy) is 2. The van der Waals surface area contributed by atoms with E-state index in [1.165, 1.54) is 36.6 Å². The smallest absolute Gasteiger partial charge is 0.406 e. The first kappa shape index (κ1) is 27.4. The average Bonchev–Trinajstić information content (AvgIpc) is 3.35. The molecule has 39 heavy (non-hydrogen) atoms. The quantitative estimate of drug-likeness (QED) is 0.236. The van der Waals surface area contributed by atoms with Crippen LogP contribution in [-0.2, 0) is 12.0 Å². The van der Waals surface area contributed by atoms with Crippen molar-refractivity contribution in [1.82, 2.24) is 10.5 Å². The van der Waals surface area contributed by atoms with Crippen molar-refractivity contribution in [2.45, 2.75) is 24.7 Å². The molecule has 4 aromatic rings. The Bertz CT molecular complexity index is 1330. The van der Waals surface area contributed by atoms with Gasteiger partial charge in [-0.25, -0.2) is 4.79 Å². The molecule has 0 aliphatic heterocycles. The molecule has 0 saturated heterocycles. The third-order valence-electron chi connectivity index (χ3n) is 5.44. The number of hydrogen-bond donors (Lipinski definition) is 2. The predicted octanol–water partition coefficient (Wildman–Crippen LogP) is 6.78. The second-order valence-corrected chi connectivity index (χ2v) is 8.18. The van der Waals surface area contributed by atoms with Gasteiger partial charge in [-0.3, -0.25) is 5.32 Å². The molecular formula is C26H19F6N3O4. The van der Waals surface area contributed by atoms with E-state index < -0.39 is 35.8 Å². The zero-order valence-electron chi connectivity index (χ0n) is 19.7. The Morgan fingerprint density at radius 1 is 0.769 bits per heavy atom. The highest BCUT2D eigenvalue weighted by molar-refractivity contribution is 5.89. The van der Waals surface area contributed by atoms with Crippen molar-refractivity contribution in [2.75, 3.05) is 5.32 Å². The second kappa shape index (κ2) is 11.0. The molecule has 13 heteroatoms. The van der Waals surface area contributed by atoms with Crippen LogP contribution in [0.1, 0.15) is 16.7 Å². The van der Waals surface area contributed by atoms with Gasteiger partial charge >= 0.3 is 18.8 Å². The monoisotopic (exact) mass is 551 g/mol. The van der Waals surface area contributed by atoms with Crippen molar-refractivity contribution in [1.29, 1.82) is 0 Å². The van der Waals surface area contributed by atoms with Crippen molar-refractivity contribution in [3.8, 4) is 11.5 Å². The van der Waals surface area contributed by atoms with Gasteiger partial charge < -0.3 is 19.3 Å². The van der Waals surface area contributed by atoms with E-state index in [9.17, 15) is 31.1 Å². The molecule has 0 atom stereocenters. The zero-order valence-corrected chi connectivity index (χ0v) is 19.7. The van der Waals surface area contributed by atoms with Crippen LogP contribution in [0.15, 0.2) is 95.7 Å². The zero-order chi connectivity index (χ0) is 28.1. The van der Waals surface area contributed by atoms with E-state index in [2.05, 4.69) is 25.3 Å². The number of urea groups is 1. The molecule has 0 fully saturated rings. The van der Waals surface area contributed by atoms with Crippen molar-refractivity contribution >= 4 is 11.8 Å². The SMILES string of the molecule is O=C(Nc1ccon1)NC(Cc1ccccc1)(c1cccc(OC(F)(F)F)c1)c1cccc(OC(F)(F)F)c1. The molecule has 0 aliphatic carbocycles. The number of rotatable bonds is 8. The van der Waals surface area contributed by atoms with Crippen molar-refractivity contribution < 1.29 is 45.1 Å². The molecule has 0 radical (unpaired) electrons. The molecule has 4 rings (SSSR count). The van der Waals surface area contributed by atoms with Crippen LogP contribution in [0.3, 0.4) is 0 Å². The molecule has 2 amide bonds. The van der Waals surface area contributed by atoms with E-state index >= 15 is 0 Å². The van der Waals surface area contributed by atoms with Gasteiger partial charge in [0, 0.05) is 12.5 Å². The number of nitrogens with one attached hydrogen (secondary N) is 2. The van der Waals surface area contributed by atoms with Gasteiger partial charge in [-0.2, -0.15) is 0 Å². The molecule has 2 N–H and O–H groups in total. The number of anilines is 1. The summed E-state index contributed by atoms with van der Waals surface area (Å²) in [7, 11) is 0. The molecule has 0 bridgehead atoms. The van der Waals surface area contributed by atoms with Gasteiger partial charge in [-0.05, 0) is 41.0 Å². The van der Waals surface area contributed by atoms with Crippen molar-refractivity contribution in [2.24, 2.45) is 0 Å². The number of nitrogens with zero attached hydrogens (tertiary/aromatic N) is 1. The summed E-state index contributed by atoms with van der Waals surface area (Å²) in [6.45, 7) is 0. The molecule has 0 unspecified atom stereocenters. The van der Waals surface area contributed by atoms with E-state index in [1.54, 1.807) is 30.3 Å². The highest BCUT2D eigenvalue weighted by Gasteiger charge is 2.39. The number of hydrogen-bond acceptors (Lipinski definition) is 5. The third-order valence-corrected chi connectivity index (χ3v) is 5.44. The fourth-order valence-corrected chi connectivity index (χ4v) is 4.00. The van der Waals surface area contributed by atoms with Gasteiger partial charge in [0.1, 0.15) is 17.8 Å². The number of benzene rings is 3. The Morgan fingerprint density at radius 2 is 1.33 bits per heavy atom. The van der Waals surface area contributed by atoms with Crippen LogP contribution in [0.2, 0.25) is 0 Å². The number of alkyl halides is 6. The number of amides is 2. The van der Waals surface area contributed by atoms with Gasteiger partial charge in [0.15, 0.2) is 5.82 Å². The molecule has 3 aromatic carbocycles. The van der Waals surface area contributed by atoms with Crippen LogP contribution in [0.4, 0.5) is 37.0 Å². The Labute approximate surface area is 217 Å². The fraction of sp³-hybridized carbons (Fsp3) is 0.154. The first-order valence-corrected chi connectivity index (χ1v) is 11.2. The van der Waals surface area contributed by atoms with Gasteiger partial charge in [0.05, 0.1) is 5.54 Å². The highest BCUT2D eigenvalue weighted by Crippen LogP contribution is 2.38. The molecule has 7 nitrogen and oxygen atoms in total. The van der Waals surface area contributed by atoms with E-state index in [-0.39, 0.29) is 23.4 Å². The number of carbonyl (C=O) groups excluding carboxylic acids is 1. The minimum absolute atomic E-state index is 0.0180. The number of carbonyl (C=O) groups is 1. The van der Waals surface area contributed by atoms with Crippen LogP contribution in [0, 0.1) is 0 Å². The summed E-state index contributed by atoms with van der Waals surface area (Å²) in [4.78, 5) is 13.2. The van der Waals surface area contributed by atoms with E-state index in [1.807, 2.05) is 0 Å². The first-order chi connectivity index (χ1) is 18.4. The predicted molar refractivity (Wildman–Crippen MR) is 126 cm³/mol. The lowest BCUT2D eigenvalue weighted by atomic mass is 9.77. The Kier molecular flexibility index (Phi) is 7.70. The Balaban J connectivity index is 1.89. The normalized spacial score (nSPS) is 12.1. The summed E-state index contributed by atoms with van der Waals surface area (Å²) in [6.07, 6.45) is -8.92. The third kappa shape index (κ3) is 7.43. The molecule has 0 saturated carbocycles. The van der Waals surface area contributed by atoms with Gasteiger partial charge in [0.25, 0.3) is 0 Å². The maximum absolute atomic E-state index is 13.2.